The van der Waals surface area contributed by atoms with E-state index in [1.165, 1.54) is 0 Å². The SMILES string of the molecule is COc1nc(N(C)C)sc1CNCCS(C)=O. The minimum absolute atomic E-state index is 0.668. The van der Waals surface area contributed by atoms with E-state index < -0.39 is 10.8 Å². The highest BCUT2D eigenvalue weighted by Crippen LogP contribution is 2.29. The molecule has 17 heavy (non-hydrogen) atoms. The smallest absolute Gasteiger partial charge is 0.230 e. The van der Waals surface area contributed by atoms with Crippen LogP contribution in [0.4, 0.5) is 5.13 Å². The van der Waals surface area contributed by atoms with E-state index in [0.29, 0.717) is 18.2 Å². The zero-order valence-corrected chi connectivity index (χ0v) is 12.3. The van der Waals surface area contributed by atoms with Gasteiger partial charge >= 0.3 is 0 Å². The van der Waals surface area contributed by atoms with Gasteiger partial charge < -0.3 is 15.0 Å². The first kappa shape index (κ1) is 14.4. The maximum Gasteiger partial charge on any atom is 0.230 e. The number of nitrogens with one attached hydrogen (secondary N) is 1. The summed E-state index contributed by atoms with van der Waals surface area (Å²) in [6, 6.07) is 0. The number of anilines is 1. The molecule has 0 fully saturated rings. The molecule has 1 unspecified atom stereocenters. The lowest BCUT2D eigenvalue weighted by atomic mass is 10.5. The third-order valence-electron chi connectivity index (χ3n) is 2.08. The van der Waals surface area contributed by atoms with Gasteiger partial charge in [0.05, 0.1) is 12.0 Å². The van der Waals surface area contributed by atoms with Gasteiger partial charge in [-0.25, -0.2) is 0 Å². The predicted octanol–water partition coefficient (Wildman–Crippen LogP) is 0.686. The Kier molecular flexibility index (Phi) is 5.87. The van der Waals surface area contributed by atoms with Gasteiger partial charge in [-0.15, -0.1) is 0 Å². The maximum absolute atomic E-state index is 10.9. The van der Waals surface area contributed by atoms with E-state index in [9.17, 15) is 4.21 Å². The Balaban J connectivity index is 2.54. The number of nitrogens with zero attached hydrogens (tertiary/aromatic N) is 2. The summed E-state index contributed by atoms with van der Waals surface area (Å²) in [4.78, 5) is 7.39. The van der Waals surface area contributed by atoms with Crippen LogP contribution in [0.5, 0.6) is 5.88 Å². The van der Waals surface area contributed by atoms with Gasteiger partial charge in [0.25, 0.3) is 0 Å². The molecule has 1 rings (SSSR count). The minimum atomic E-state index is -0.747. The van der Waals surface area contributed by atoms with Crippen LogP contribution in [0.1, 0.15) is 4.88 Å². The van der Waals surface area contributed by atoms with E-state index in [4.69, 9.17) is 4.74 Å². The predicted molar refractivity (Wildman–Crippen MR) is 73.6 cm³/mol. The molecule has 0 bridgehead atoms. The molecule has 0 aliphatic rings. The molecule has 0 spiro atoms. The van der Waals surface area contributed by atoms with Crippen molar-refractivity contribution in [2.24, 2.45) is 0 Å². The van der Waals surface area contributed by atoms with E-state index in [-0.39, 0.29) is 0 Å². The number of rotatable bonds is 7. The van der Waals surface area contributed by atoms with Gasteiger partial charge in [-0.1, -0.05) is 11.3 Å². The summed E-state index contributed by atoms with van der Waals surface area (Å²) in [6.07, 6.45) is 1.71. The number of thiazole rings is 1. The number of methoxy groups -OCH3 is 1. The van der Waals surface area contributed by atoms with E-state index in [1.807, 2.05) is 19.0 Å². The molecule has 1 aromatic heterocycles. The molecule has 1 N–H and O–H groups in total. The summed E-state index contributed by atoms with van der Waals surface area (Å²) >= 11 is 1.60. The average Bonchev–Trinajstić information content (AvgIpc) is 2.67. The third-order valence-corrected chi connectivity index (χ3v) is 4.06. The van der Waals surface area contributed by atoms with Crippen molar-refractivity contribution in [2.45, 2.75) is 6.54 Å². The average molecular weight is 277 g/mol. The fourth-order valence-electron chi connectivity index (χ4n) is 1.21. The highest BCUT2D eigenvalue weighted by atomic mass is 32.2. The zero-order chi connectivity index (χ0) is 12.8. The lowest BCUT2D eigenvalue weighted by molar-refractivity contribution is 0.395. The second-order valence-electron chi connectivity index (χ2n) is 3.78. The van der Waals surface area contributed by atoms with Gasteiger partial charge in [-0.3, -0.25) is 4.21 Å². The molecule has 1 aromatic rings. The number of hydrogen-bond acceptors (Lipinski definition) is 6. The van der Waals surface area contributed by atoms with Crippen molar-refractivity contribution in [1.29, 1.82) is 0 Å². The molecule has 0 aromatic carbocycles. The Bertz CT molecular complexity index is 380. The molecular weight excluding hydrogens is 258 g/mol. The summed E-state index contributed by atoms with van der Waals surface area (Å²) in [5, 5.41) is 4.17. The molecule has 1 atom stereocenters. The molecule has 0 aliphatic heterocycles. The first-order chi connectivity index (χ1) is 8.04. The minimum Gasteiger partial charge on any atom is -0.480 e. The van der Waals surface area contributed by atoms with Crippen molar-refractivity contribution >= 4 is 27.3 Å². The van der Waals surface area contributed by atoms with Gasteiger partial charge in [-0.05, 0) is 0 Å². The number of ether oxygens (including phenoxy) is 1. The molecule has 5 nitrogen and oxygen atoms in total. The molecule has 0 saturated heterocycles. The third kappa shape index (κ3) is 4.61. The summed E-state index contributed by atoms with van der Waals surface area (Å²) in [5.41, 5.74) is 0. The highest BCUT2D eigenvalue weighted by molar-refractivity contribution is 7.84. The van der Waals surface area contributed by atoms with E-state index in [2.05, 4.69) is 10.3 Å². The second kappa shape index (κ2) is 6.93. The van der Waals surface area contributed by atoms with Gasteiger partial charge in [0.2, 0.25) is 5.88 Å². The largest absolute Gasteiger partial charge is 0.480 e. The van der Waals surface area contributed by atoms with Crippen molar-refractivity contribution in [2.75, 3.05) is 44.7 Å². The fourth-order valence-corrected chi connectivity index (χ4v) is 2.56. The van der Waals surface area contributed by atoms with E-state index in [0.717, 1.165) is 16.6 Å². The Morgan fingerprint density at radius 1 is 1.53 bits per heavy atom. The Hall–Kier alpha value is -0.660. The van der Waals surface area contributed by atoms with Crippen LogP contribution in [-0.4, -0.2) is 49.0 Å². The van der Waals surface area contributed by atoms with Gasteiger partial charge in [0, 0.05) is 50.0 Å². The topological polar surface area (TPSA) is 54.5 Å². The normalized spacial score (nSPS) is 12.5. The lowest BCUT2D eigenvalue weighted by Gasteiger charge is -2.05. The van der Waals surface area contributed by atoms with E-state index in [1.54, 1.807) is 24.7 Å². The lowest BCUT2D eigenvalue weighted by Crippen LogP contribution is -2.19. The van der Waals surface area contributed by atoms with Crippen LogP contribution in [0.15, 0.2) is 0 Å². The van der Waals surface area contributed by atoms with Crippen LogP contribution >= 0.6 is 11.3 Å². The van der Waals surface area contributed by atoms with Crippen LogP contribution in [0.25, 0.3) is 0 Å². The molecule has 1 heterocycles. The molecule has 0 saturated carbocycles. The Morgan fingerprint density at radius 3 is 2.76 bits per heavy atom. The summed E-state index contributed by atoms with van der Waals surface area (Å²) in [7, 11) is 4.79. The molecular formula is C10H19N3O2S2. The molecule has 7 heteroatoms. The van der Waals surface area contributed by atoms with Crippen LogP contribution in [0, 0.1) is 0 Å². The van der Waals surface area contributed by atoms with Crippen molar-refractivity contribution < 1.29 is 8.95 Å². The molecule has 0 aliphatic carbocycles. The van der Waals surface area contributed by atoms with Crippen LogP contribution in [0.2, 0.25) is 0 Å². The highest BCUT2D eigenvalue weighted by Gasteiger charge is 2.12. The van der Waals surface area contributed by atoms with Crippen molar-refractivity contribution in [3.63, 3.8) is 0 Å². The van der Waals surface area contributed by atoms with Crippen LogP contribution in [0.3, 0.4) is 0 Å². The van der Waals surface area contributed by atoms with Crippen molar-refractivity contribution in [3.8, 4) is 5.88 Å². The molecule has 0 radical (unpaired) electrons. The van der Waals surface area contributed by atoms with E-state index >= 15 is 0 Å². The molecule has 0 amide bonds. The summed E-state index contributed by atoms with van der Waals surface area (Å²) < 4.78 is 16.1. The molecule has 98 valence electrons. The van der Waals surface area contributed by atoms with Crippen LogP contribution < -0.4 is 15.0 Å². The standard InChI is InChI=1S/C10H19N3O2S2/c1-13(2)10-12-9(15-3)8(16-10)7-11-5-6-17(4)14/h11H,5-7H2,1-4H3. The zero-order valence-electron chi connectivity index (χ0n) is 10.6. The van der Waals surface area contributed by atoms with Gasteiger partial charge in [0.15, 0.2) is 5.13 Å². The number of hydrogen-bond donors (Lipinski definition) is 1. The maximum atomic E-state index is 10.9. The monoisotopic (exact) mass is 277 g/mol. The van der Waals surface area contributed by atoms with Crippen molar-refractivity contribution in [1.82, 2.24) is 10.3 Å². The quantitative estimate of drug-likeness (QED) is 0.743. The Labute approximate surface area is 109 Å². The Morgan fingerprint density at radius 2 is 2.24 bits per heavy atom. The van der Waals surface area contributed by atoms with Crippen molar-refractivity contribution in [3.05, 3.63) is 4.88 Å². The van der Waals surface area contributed by atoms with Crippen LogP contribution in [-0.2, 0) is 17.3 Å². The summed E-state index contributed by atoms with van der Waals surface area (Å²) in [6.45, 7) is 1.44. The van der Waals surface area contributed by atoms with Gasteiger partial charge in [0.1, 0.15) is 0 Å². The number of aromatic nitrogens is 1. The van der Waals surface area contributed by atoms with Gasteiger partial charge in [-0.2, -0.15) is 4.98 Å². The fraction of sp³-hybridized carbons (Fsp3) is 0.700. The first-order valence-electron chi connectivity index (χ1n) is 5.26. The summed E-state index contributed by atoms with van der Waals surface area (Å²) in [5.74, 6) is 1.34. The first-order valence-corrected chi connectivity index (χ1v) is 7.80. The second-order valence-corrected chi connectivity index (χ2v) is 6.39.